The molecule has 1 aliphatic heterocycles. The summed E-state index contributed by atoms with van der Waals surface area (Å²) in [5.41, 5.74) is 0.907. The van der Waals surface area contributed by atoms with Crippen LogP contribution in [-0.4, -0.2) is 42.0 Å². The molecule has 0 aliphatic carbocycles. The molecule has 1 amide bonds. The lowest BCUT2D eigenvalue weighted by molar-refractivity contribution is -0.139. The van der Waals surface area contributed by atoms with Crippen molar-refractivity contribution in [3.8, 4) is 11.5 Å². The number of aliphatic hydroxyl groups excluding tert-OH is 1. The van der Waals surface area contributed by atoms with Crippen LogP contribution >= 0.6 is 23.2 Å². The summed E-state index contributed by atoms with van der Waals surface area (Å²) in [5.74, 6) is -0.716. The molecule has 0 aromatic heterocycles. The van der Waals surface area contributed by atoms with Crippen LogP contribution in [0.3, 0.4) is 0 Å². The minimum atomic E-state index is -0.779. The lowest BCUT2D eigenvalue weighted by Gasteiger charge is -2.25. The Balaban J connectivity index is 2.20. The van der Waals surface area contributed by atoms with E-state index >= 15 is 0 Å². The van der Waals surface area contributed by atoms with Gasteiger partial charge < -0.3 is 19.5 Å². The topological polar surface area (TPSA) is 76.1 Å². The number of likely N-dealkylation sites (tertiary alicyclic amines) is 1. The van der Waals surface area contributed by atoms with Gasteiger partial charge in [-0.15, -0.1) is 0 Å². The highest BCUT2D eigenvalue weighted by Crippen LogP contribution is 2.42. The van der Waals surface area contributed by atoms with Crippen LogP contribution < -0.4 is 9.47 Å². The molecule has 6 nitrogen and oxygen atoms in total. The molecule has 1 fully saturated rings. The minimum Gasteiger partial charge on any atom is -0.507 e. The molecule has 1 aliphatic rings. The molecule has 2 aromatic carbocycles. The molecule has 2 aromatic rings. The van der Waals surface area contributed by atoms with Crippen molar-refractivity contribution in [3.63, 3.8) is 0 Å². The van der Waals surface area contributed by atoms with E-state index in [1.165, 1.54) is 24.1 Å². The zero-order valence-corrected chi connectivity index (χ0v) is 19.0. The molecule has 0 radical (unpaired) electrons. The number of methoxy groups -OCH3 is 1. The number of rotatable bonds is 7. The van der Waals surface area contributed by atoms with E-state index in [0.29, 0.717) is 47.2 Å². The maximum atomic E-state index is 12.9. The average molecular weight is 464 g/mol. The molecule has 31 heavy (non-hydrogen) atoms. The number of amides is 1. The quantitative estimate of drug-likeness (QED) is 0.345. The van der Waals surface area contributed by atoms with Gasteiger partial charge in [0.25, 0.3) is 11.7 Å². The highest BCUT2D eigenvalue weighted by Gasteiger charge is 2.45. The van der Waals surface area contributed by atoms with Crippen molar-refractivity contribution >= 4 is 40.7 Å². The number of nitrogens with zero attached hydrogens (tertiary/aromatic N) is 1. The normalized spacial score (nSPS) is 17.8. The van der Waals surface area contributed by atoms with Crippen molar-refractivity contribution in [3.05, 3.63) is 63.1 Å². The Morgan fingerprint density at radius 3 is 2.42 bits per heavy atom. The predicted octanol–water partition coefficient (Wildman–Crippen LogP) is 5.23. The van der Waals surface area contributed by atoms with Crippen molar-refractivity contribution in [2.45, 2.75) is 26.3 Å². The van der Waals surface area contributed by atoms with Crippen molar-refractivity contribution in [2.75, 3.05) is 20.3 Å². The predicted molar refractivity (Wildman–Crippen MR) is 120 cm³/mol. The highest BCUT2D eigenvalue weighted by molar-refractivity contribution is 6.46. The van der Waals surface area contributed by atoms with E-state index in [1.807, 2.05) is 13.8 Å². The van der Waals surface area contributed by atoms with Crippen LogP contribution in [0.25, 0.3) is 5.76 Å². The van der Waals surface area contributed by atoms with Crippen LogP contribution in [0.4, 0.5) is 0 Å². The molecular weight excluding hydrogens is 441 g/mol. The zero-order chi connectivity index (χ0) is 22.7. The van der Waals surface area contributed by atoms with E-state index < -0.39 is 17.7 Å². The molecule has 1 heterocycles. The Labute approximate surface area is 191 Å². The maximum Gasteiger partial charge on any atom is 0.295 e. The van der Waals surface area contributed by atoms with Gasteiger partial charge in [-0.3, -0.25) is 9.59 Å². The van der Waals surface area contributed by atoms with Gasteiger partial charge in [-0.05, 0) is 49.2 Å². The number of benzene rings is 2. The molecule has 164 valence electrons. The van der Waals surface area contributed by atoms with E-state index in [0.717, 1.165) is 0 Å². The lowest BCUT2D eigenvalue weighted by Crippen LogP contribution is -2.30. The van der Waals surface area contributed by atoms with Crippen molar-refractivity contribution < 1.29 is 24.2 Å². The van der Waals surface area contributed by atoms with Crippen molar-refractivity contribution in [1.82, 2.24) is 4.90 Å². The molecule has 1 saturated heterocycles. The van der Waals surface area contributed by atoms with Gasteiger partial charge in [0, 0.05) is 12.1 Å². The van der Waals surface area contributed by atoms with Crippen molar-refractivity contribution in [1.29, 1.82) is 0 Å². The summed E-state index contributed by atoms with van der Waals surface area (Å²) in [6, 6.07) is 8.95. The summed E-state index contributed by atoms with van der Waals surface area (Å²) in [4.78, 5) is 27.2. The summed E-state index contributed by atoms with van der Waals surface area (Å²) in [7, 11) is 1.51. The Bertz CT molecular complexity index is 1050. The Hall–Kier alpha value is -2.70. The summed E-state index contributed by atoms with van der Waals surface area (Å²) in [6.07, 6.45) is 0.643. The third kappa shape index (κ3) is 4.36. The van der Waals surface area contributed by atoms with Gasteiger partial charge in [0.05, 0.1) is 35.4 Å². The molecule has 0 saturated carbocycles. The Kier molecular flexibility index (Phi) is 7.13. The van der Waals surface area contributed by atoms with E-state index in [-0.39, 0.29) is 16.4 Å². The number of hydrogen-bond donors (Lipinski definition) is 1. The van der Waals surface area contributed by atoms with Crippen LogP contribution in [0, 0.1) is 0 Å². The summed E-state index contributed by atoms with van der Waals surface area (Å²) < 4.78 is 11.0. The molecule has 0 spiro atoms. The van der Waals surface area contributed by atoms with E-state index in [4.69, 9.17) is 32.7 Å². The third-order valence-corrected chi connectivity index (χ3v) is 5.74. The molecule has 0 bridgehead atoms. The van der Waals surface area contributed by atoms with Gasteiger partial charge in [-0.1, -0.05) is 36.2 Å². The number of aliphatic hydroxyl groups is 1. The monoisotopic (exact) mass is 463 g/mol. The van der Waals surface area contributed by atoms with Gasteiger partial charge in [0.15, 0.2) is 11.5 Å². The maximum absolute atomic E-state index is 12.9. The van der Waals surface area contributed by atoms with E-state index in [9.17, 15) is 14.7 Å². The second kappa shape index (κ2) is 9.62. The van der Waals surface area contributed by atoms with Crippen LogP contribution in [0.5, 0.6) is 11.5 Å². The average Bonchev–Trinajstić information content (AvgIpc) is 3.01. The first-order valence-electron chi connectivity index (χ1n) is 9.88. The smallest absolute Gasteiger partial charge is 0.295 e. The zero-order valence-electron chi connectivity index (χ0n) is 17.4. The summed E-state index contributed by atoms with van der Waals surface area (Å²) in [6.45, 7) is 4.58. The fourth-order valence-electron chi connectivity index (χ4n) is 3.63. The molecule has 1 unspecified atom stereocenters. The number of ether oxygens (including phenoxy) is 2. The first kappa shape index (κ1) is 23.0. The molecule has 1 atom stereocenters. The van der Waals surface area contributed by atoms with E-state index in [1.54, 1.807) is 24.3 Å². The van der Waals surface area contributed by atoms with Crippen LogP contribution in [-0.2, 0) is 9.59 Å². The van der Waals surface area contributed by atoms with Gasteiger partial charge in [-0.25, -0.2) is 0 Å². The fourth-order valence-corrected chi connectivity index (χ4v) is 3.92. The third-order valence-electron chi connectivity index (χ3n) is 5.00. The highest BCUT2D eigenvalue weighted by atomic mass is 35.5. The SMILES string of the molecule is CCCN1C(=O)C(=O)/C(=C(\O)c2ccc(Cl)c(Cl)c2)C1c1ccc(OCC)c(OC)c1. The van der Waals surface area contributed by atoms with Crippen LogP contribution in [0.15, 0.2) is 42.0 Å². The second-order valence-electron chi connectivity index (χ2n) is 6.96. The van der Waals surface area contributed by atoms with Gasteiger partial charge in [-0.2, -0.15) is 0 Å². The largest absolute Gasteiger partial charge is 0.507 e. The number of carbonyl (C=O) groups is 2. The molecular formula is C23H23Cl2NO5. The van der Waals surface area contributed by atoms with E-state index in [2.05, 4.69) is 0 Å². The number of ketones is 1. The number of hydrogen-bond acceptors (Lipinski definition) is 5. The second-order valence-corrected chi connectivity index (χ2v) is 7.78. The number of carbonyl (C=O) groups excluding carboxylic acids is 2. The number of halogens is 2. The molecule has 3 rings (SSSR count). The first-order chi connectivity index (χ1) is 14.8. The minimum absolute atomic E-state index is 0.0111. The Morgan fingerprint density at radius 1 is 1.06 bits per heavy atom. The van der Waals surface area contributed by atoms with Gasteiger partial charge in [0.1, 0.15) is 5.76 Å². The van der Waals surface area contributed by atoms with Gasteiger partial charge >= 0.3 is 0 Å². The van der Waals surface area contributed by atoms with Crippen LogP contribution in [0.1, 0.15) is 37.4 Å². The molecule has 8 heteroatoms. The lowest BCUT2D eigenvalue weighted by atomic mass is 9.95. The number of Topliss-reactive ketones (excluding diaryl/α,β-unsaturated/α-hetero) is 1. The van der Waals surface area contributed by atoms with Gasteiger partial charge in [0.2, 0.25) is 0 Å². The summed E-state index contributed by atoms with van der Waals surface area (Å²) in [5, 5.41) is 11.6. The Morgan fingerprint density at radius 2 is 1.81 bits per heavy atom. The molecule has 1 N–H and O–H groups in total. The van der Waals surface area contributed by atoms with Crippen molar-refractivity contribution in [2.24, 2.45) is 0 Å². The standard InChI is InChI=1S/C23H23Cl2NO5/c1-4-10-26-20(13-7-9-17(31-5-2)18(12-13)30-3)19(22(28)23(26)29)21(27)14-6-8-15(24)16(25)11-14/h6-9,11-12,20,27H,4-5,10H2,1-3H3/b21-19-. The summed E-state index contributed by atoms with van der Waals surface area (Å²) >= 11 is 12.1. The fraction of sp³-hybridized carbons (Fsp3) is 0.304. The first-order valence-corrected chi connectivity index (χ1v) is 10.6. The van der Waals surface area contributed by atoms with Crippen LogP contribution in [0.2, 0.25) is 10.0 Å².